The van der Waals surface area contributed by atoms with Crippen LogP contribution in [0.1, 0.15) is 38.2 Å². The first kappa shape index (κ1) is 28.2. The highest BCUT2D eigenvalue weighted by molar-refractivity contribution is 8.03. The number of para-hydroxylation sites is 1. The Morgan fingerprint density at radius 3 is 2.48 bits per heavy atom. The molecule has 0 saturated carbocycles. The SMILES string of the molecule is CCC1CCC(C(=O)NCC2CC(C(=N)N)=CS2)N1C(=O)CNC1(c2ccc(Oc3ccccc3)cc2)COC1. The van der Waals surface area contributed by atoms with Crippen molar-refractivity contribution >= 4 is 29.4 Å². The second-order valence-corrected chi connectivity index (χ2v) is 11.8. The van der Waals surface area contributed by atoms with Crippen LogP contribution >= 0.6 is 11.8 Å². The largest absolute Gasteiger partial charge is 0.457 e. The Bertz CT molecular complexity index is 1250. The Morgan fingerprint density at radius 1 is 1.12 bits per heavy atom. The van der Waals surface area contributed by atoms with E-state index in [1.807, 2.05) is 60.0 Å². The Hall–Kier alpha value is -3.34. The van der Waals surface area contributed by atoms with Crippen molar-refractivity contribution in [3.05, 3.63) is 71.1 Å². The predicted octanol–water partition coefficient (Wildman–Crippen LogP) is 3.51. The molecule has 10 heteroatoms. The summed E-state index contributed by atoms with van der Waals surface area (Å²) in [5, 5.41) is 16.2. The van der Waals surface area contributed by atoms with Crippen LogP contribution in [-0.4, -0.2) is 66.2 Å². The quantitative estimate of drug-likeness (QED) is 0.243. The lowest BCUT2D eigenvalue weighted by atomic mass is 9.88. The van der Waals surface area contributed by atoms with Crippen LogP contribution in [0.25, 0.3) is 0 Å². The number of hydrogen-bond acceptors (Lipinski definition) is 7. The molecule has 2 fully saturated rings. The molecular weight excluding hydrogens is 526 g/mol. The van der Waals surface area contributed by atoms with E-state index in [0.717, 1.165) is 35.5 Å². The third-order valence-corrected chi connectivity index (χ3v) is 9.06. The van der Waals surface area contributed by atoms with Crippen LogP contribution in [0.5, 0.6) is 11.5 Å². The molecule has 2 saturated heterocycles. The lowest BCUT2D eigenvalue weighted by molar-refractivity contribution is -0.141. The van der Waals surface area contributed by atoms with E-state index in [4.69, 9.17) is 20.6 Å². The number of nitrogens with two attached hydrogens (primary N) is 1. The number of amides is 2. The molecule has 212 valence electrons. The molecule has 5 N–H and O–H groups in total. The van der Waals surface area contributed by atoms with Crippen molar-refractivity contribution < 1.29 is 19.1 Å². The van der Waals surface area contributed by atoms with Crippen molar-refractivity contribution in [2.45, 2.75) is 55.5 Å². The molecule has 40 heavy (non-hydrogen) atoms. The lowest BCUT2D eigenvalue weighted by Gasteiger charge is -2.43. The van der Waals surface area contributed by atoms with Gasteiger partial charge in [0.2, 0.25) is 11.8 Å². The van der Waals surface area contributed by atoms with Crippen molar-refractivity contribution in [3.8, 4) is 11.5 Å². The fourth-order valence-electron chi connectivity index (χ4n) is 5.54. The maximum Gasteiger partial charge on any atom is 0.242 e. The van der Waals surface area contributed by atoms with E-state index in [1.165, 1.54) is 0 Å². The topological polar surface area (TPSA) is 130 Å². The number of likely N-dealkylation sites (tertiary alicyclic amines) is 1. The van der Waals surface area contributed by atoms with E-state index in [2.05, 4.69) is 17.6 Å². The van der Waals surface area contributed by atoms with Crippen LogP contribution in [0.15, 0.2) is 65.6 Å². The number of rotatable bonds is 11. The van der Waals surface area contributed by atoms with Gasteiger partial charge in [0.05, 0.1) is 25.3 Å². The molecule has 3 aliphatic heterocycles. The Morgan fingerprint density at radius 2 is 1.85 bits per heavy atom. The summed E-state index contributed by atoms with van der Waals surface area (Å²) >= 11 is 1.59. The fraction of sp³-hybridized carbons (Fsp3) is 0.433. The summed E-state index contributed by atoms with van der Waals surface area (Å²) in [5.74, 6) is 1.41. The molecule has 3 aliphatic rings. The molecule has 3 unspecified atom stereocenters. The number of carbonyl (C=O) groups excluding carboxylic acids is 2. The van der Waals surface area contributed by atoms with Crippen molar-refractivity contribution in [3.63, 3.8) is 0 Å². The molecule has 2 amide bonds. The average Bonchev–Trinajstić information content (AvgIpc) is 3.60. The van der Waals surface area contributed by atoms with Gasteiger partial charge in [0.25, 0.3) is 0 Å². The van der Waals surface area contributed by atoms with Gasteiger partial charge < -0.3 is 25.4 Å². The minimum absolute atomic E-state index is 0.0416. The molecule has 2 aromatic rings. The number of carbonyl (C=O) groups is 2. The maximum atomic E-state index is 13.6. The second-order valence-electron chi connectivity index (χ2n) is 10.6. The van der Waals surface area contributed by atoms with Crippen molar-refractivity contribution in [2.75, 3.05) is 26.3 Å². The second kappa shape index (κ2) is 12.4. The Labute approximate surface area is 239 Å². The average molecular weight is 564 g/mol. The molecular formula is C30H37N5O4S. The first-order chi connectivity index (χ1) is 19.4. The summed E-state index contributed by atoms with van der Waals surface area (Å²) in [6, 6.07) is 17.1. The van der Waals surface area contributed by atoms with Crippen LogP contribution in [0.2, 0.25) is 0 Å². The van der Waals surface area contributed by atoms with E-state index in [-0.39, 0.29) is 35.5 Å². The third kappa shape index (κ3) is 6.19. The third-order valence-electron chi connectivity index (χ3n) is 7.93. The summed E-state index contributed by atoms with van der Waals surface area (Å²) in [7, 11) is 0. The first-order valence-corrected chi connectivity index (χ1v) is 14.8. The molecule has 0 radical (unpaired) electrons. The highest BCUT2D eigenvalue weighted by Gasteiger charge is 2.43. The predicted molar refractivity (Wildman–Crippen MR) is 156 cm³/mol. The van der Waals surface area contributed by atoms with Gasteiger partial charge in [0.1, 0.15) is 23.4 Å². The zero-order chi connectivity index (χ0) is 28.1. The van der Waals surface area contributed by atoms with Gasteiger partial charge in [0, 0.05) is 23.4 Å². The van der Waals surface area contributed by atoms with Crippen LogP contribution in [0.3, 0.4) is 0 Å². The van der Waals surface area contributed by atoms with Gasteiger partial charge in [-0.25, -0.2) is 0 Å². The first-order valence-electron chi connectivity index (χ1n) is 13.8. The number of nitrogens with zero attached hydrogens (tertiary/aromatic N) is 1. The molecule has 0 spiro atoms. The van der Waals surface area contributed by atoms with E-state index in [9.17, 15) is 9.59 Å². The van der Waals surface area contributed by atoms with E-state index >= 15 is 0 Å². The van der Waals surface area contributed by atoms with Crippen molar-refractivity contribution in [1.29, 1.82) is 5.41 Å². The molecule has 3 heterocycles. The Kier molecular flexibility index (Phi) is 8.78. The van der Waals surface area contributed by atoms with Crippen LogP contribution in [0, 0.1) is 5.41 Å². The number of benzene rings is 2. The monoisotopic (exact) mass is 563 g/mol. The Balaban J connectivity index is 1.18. The van der Waals surface area contributed by atoms with Gasteiger partial charge in [-0.2, -0.15) is 0 Å². The molecule has 9 nitrogen and oxygen atoms in total. The minimum Gasteiger partial charge on any atom is -0.457 e. The fourth-order valence-corrected chi connectivity index (χ4v) is 6.58. The summed E-state index contributed by atoms with van der Waals surface area (Å²) in [6.45, 7) is 3.60. The summed E-state index contributed by atoms with van der Waals surface area (Å²) in [5.41, 5.74) is 6.98. The zero-order valence-electron chi connectivity index (χ0n) is 22.7. The molecule has 5 rings (SSSR count). The lowest BCUT2D eigenvalue weighted by Crippen LogP contribution is -2.60. The van der Waals surface area contributed by atoms with E-state index in [0.29, 0.717) is 32.6 Å². The summed E-state index contributed by atoms with van der Waals surface area (Å²) in [6.07, 6.45) is 2.93. The van der Waals surface area contributed by atoms with E-state index in [1.54, 1.807) is 16.7 Å². The van der Waals surface area contributed by atoms with Gasteiger partial charge in [-0.1, -0.05) is 37.3 Å². The minimum atomic E-state index is -0.478. The standard InChI is InChI=1S/C30H37N5O4S/c1-2-22-10-13-26(29(37)33-15-25-14-20(17-40-25)28(31)32)35(22)27(36)16-34-30(18-38-19-30)21-8-11-24(12-9-21)39-23-6-4-3-5-7-23/h3-9,11-12,17,22,25-26,34H,2,10,13-16,18-19H2,1H3,(H3,31,32)(H,33,37). The highest BCUT2D eigenvalue weighted by Crippen LogP contribution is 2.33. The maximum absolute atomic E-state index is 13.6. The molecule has 0 aliphatic carbocycles. The highest BCUT2D eigenvalue weighted by atomic mass is 32.2. The molecule has 3 atom stereocenters. The number of hydrogen-bond donors (Lipinski definition) is 4. The summed E-state index contributed by atoms with van der Waals surface area (Å²) < 4.78 is 11.5. The number of amidine groups is 1. The van der Waals surface area contributed by atoms with Crippen LogP contribution in [0.4, 0.5) is 0 Å². The number of ether oxygens (including phenoxy) is 2. The summed E-state index contributed by atoms with van der Waals surface area (Å²) in [4.78, 5) is 28.5. The smallest absolute Gasteiger partial charge is 0.242 e. The molecule has 0 aromatic heterocycles. The van der Waals surface area contributed by atoms with Crippen LogP contribution in [-0.2, 0) is 19.9 Å². The van der Waals surface area contributed by atoms with Gasteiger partial charge in [-0.3, -0.25) is 20.3 Å². The van der Waals surface area contributed by atoms with Gasteiger partial charge in [-0.05, 0) is 60.9 Å². The normalized spacial score (nSPS) is 23.3. The number of thioether (sulfide) groups is 1. The zero-order valence-corrected chi connectivity index (χ0v) is 23.5. The number of nitrogens with one attached hydrogen (secondary N) is 3. The van der Waals surface area contributed by atoms with E-state index < -0.39 is 11.6 Å². The molecule has 2 aromatic carbocycles. The van der Waals surface area contributed by atoms with Gasteiger partial charge >= 0.3 is 0 Å². The van der Waals surface area contributed by atoms with Crippen molar-refractivity contribution in [2.24, 2.45) is 5.73 Å². The molecule has 0 bridgehead atoms. The van der Waals surface area contributed by atoms with Crippen LogP contribution < -0.4 is 21.1 Å². The van der Waals surface area contributed by atoms with Gasteiger partial charge in [-0.15, -0.1) is 11.8 Å². The van der Waals surface area contributed by atoms with Crippen molar-refractivity contribution in [1.82, 2.24) is 15.5 Å². The van der Waals surface area contributed by atoms with Gasteiger partial charge in [0.15, 0.2) is 0 Å².